The highest BCUT2D eigenvalue weighted by Crippen LogP contribution is 2.30. The molecule has 4 heterocycles. The fourth-order valence-corrected chi connectivity index (χ4v) is 3.12. The summed E-state index contributed by atoms with van der Waals surface area (Å²) in [5.41, 5.74) is 1.65. The van der Waals surface area contributed by atoms with E-state index in [2.05, 4.69) is 35.8 Å². The van der Waals surface area contributed by atoms with Crippen molar-refractivity contribution in [2.45, 2.75) is 33.1 Å². The van der Waals surface area contributed by atoms with E-state index in [9.17, 15) is 13.6 Å². The second kappa shape index (κ2) is 7.94. The van der Waals surface area contributed by atoms with Crippen molar-refractivity contribution in [3.05, 3.63) is 42.2 Å². The van der Waals surface area contributed by atoms with Crippen molar-refractivity contribution in [3.63, 3.8) is 0 Å². The third-order valence-electron chi connectivity index (χ3n) is 4.57. The summed E-state index contributed by atoms with van der Waals surface area (Å²) in [5, 5.41) is 15.1. The molecule has 0 bridgehead atoms. The quantitative estimate of drug-likeness (QED) is 0.472. The normalized spacial score (nSPS) is 11.7. The Morgan fingerprint density at radius 2 is 2.00 bits per heavy atom. The summed E-state index contributed by atoms with van der Waals surface area (Å²) in [5.74, 6) is -3.20. The van der Waals surface area contributed by atoms with Gasteiger partial charge in [-0.05, 0) is 6.42 Å². The first-order chi connectivity index (χ1) is 15.1. The van der Waals surface area contributed by atoms with Crippen LogP contribution in [0.1, 0.15) is 32.3 Å². The van der Waals surface area contributed by atoms with Gasteiger partial charge in [-0.15, -0.1) is 5.10 Å². The minimum absolute atomic E-state index is 0.178. The van der Waals surface area contributed by atoms with Gasteiger partial charge in [0.15, 0.2) is 11.6 Å². The van der Waals surface area contributed by atoms with Crippen LogP contribution in [0.2, 0.25) is 0 Å². The van der Waals surface area contributed by atoms with Crippen molar-refractivity contribution in [2.24, 2.45) is 7.05 Å². The molecule has 10 nitrogen and oxygen atoms in total. The number of halogens is 2. The summed E-state index contributed by atoms with van der Waals surface area (Å²) in [4.78, 5) is 23.8. The van der Waals surface area contributed by atoms with Crippen LogP contribution in [0.3, 0.4) is 0 Å². The molecule has 32 heavy (non-hydrogen) atoms. The monoisotopic (exact) mass is 441 g/mol. The van der Waals surface area contributed by atoms with Gasteiger partial charge in [0.25, 0.3) is 0 Å². The van der Waals surface area contributed by atoms with E-state index in [0.29, 0.717) is 40.3 Å². The number of pyridine rings is 1. The second-order valence-electron chi connectivity index (χ2n) is 7.34. The van der Waals surface area contributed by atoms with E-state index in [-0.39, 0.29) is 11.7 Å². The average Bonchev–Trinajstić information content (AvgIpc) is 3.30. The van der Waals surface area contributed by atoms with E-state index in [1.165, 1.54) is 11.6 Å². The molecule has 12 heteroatoms. The van der Waals surface area contributed by atoms with E-state index in [4.69, 9.17) is 0 Å². The summed E-state index contributed by atoms with van der Waals surface area (Å²) >= 11 is 0. The predicted octanol–water partition coefficient (Wildman–Crippen LogP) is 3.32. The zero-order valence-electron chi connectivity index (χ0n) is 17.9. The third kappa shape index (κ3) is 4.24. The number of aromatic nitrogens is 7. The number of hydrogen-bond donors (Lipinski definition) is 2. The van der Waals surface area contributed by atoms with Crippen LogP contribution < -0.4 is 10.6 Å². The summed E-state index contributed by atoms with van der Waals surface area (Å²) < 4.78 is 31.2. The molecule has 0 aliphatic carbocycles. The Labute approximate surface area is 181 Å². The molecule has 4 aromatic rings. The van der Waals surface area contributed by atoms with Gasteiger partial charge >= 0.3 is 5.92 Å². The molecular weight excluding hydrogens is 420 g/mol. The highest BCUT2D eigenvalue weighted by atomic mass is 19.3. The van der Waals surface area contributed by atoms with Crippen molar-refractivity contribution in [1.82, 2.24) is 34.5 Å². The first kappa shape index (κ1) is 21.3. The molecule has 0 unspecified atom stereocenters. The maximum atomic E-state index is 14.0. The summed E-state index contributed by atoms with van der Waals surface area (Å²) in [6.45, 7) is 3.94. The predicted molar refractivity (Wildman–Crippen MR) is 114 cm³/mol. The van der Waals surface area contributed by atoms with Crippen LogP contribution in [0.15, 0.2) is 30.7 Å². The number of rotatable bonds is 6. The van der Waals surface area contributed by atoms with Crippen molar-refractivity contribution in [3.8, 4) is 5.82 Å². The number of carbonyl (C=O) groups is 1. The lowest BCUT2D eigenvalue weighted by Gasteiger charge is -2.12. The molecule has 4 rings (SSSR count). The number of aryl methyl sites for hydroxylation is 2. The van der Waals surface area contributed by atoms with E-state index >= 15 is 0 Å². The van der Waals surface area contributed by atoms with Gasteiger partial charge in [0.05, 0.1) is 22.8 Å². The van der Waals surface area contributed by atoms with E-state index in [1.54, 1.807) is 42.5 Å². The number of alkyl halides is 2. The molecular formula is C20H21F2N9O. The average molecular weight is 441 g/mol. The Morgan fingerprint density at radius 3 is 2.62 bits per heavy atom. The molecule has 4 aromatic heterocycles. The zero-order valence-corrected chi connectivity index (χ0v) is 17.9. The van der Waals surface area contributed by atoms with Crippen LogP contribution in [0.4, 0.5) is 26.1 Å². The minimum atomic E-state index is -3.22. The highest BCUT2D eigenvalue weighted by Gasteiger charge is 2.30. The first-order valence-corrected chi connectivity index (χ1v) is 9.82. The SMILES string of the molecule is CCc1cc(-n2nc(Nc3cnn(C)c3)c3cnc(NC(C)=O)cc32)nc(C(C)(F)F)n1. The number of anilines is 3. The molecule has 0 aliphatic heterocycles. The summed E-state index contributed by atoms with van der Waals surface area (Å²) in [6.07, 6.45) is 5.37. The lowest BCUT2D eigenvalue weighted by molar-refractivity contribution is -0.114. The number of nitrogens with zero attached hydrogens (tertiary/aromatic N) is 7. The number of fused-ring (bicyclic) bond motifs is 1. The Balaban J connectivity index is 1.92. The van der Waals surface area contributed by atoms with Gasteiger partial charge in [0, 0.05) is 51.1 Å². The third-order valence-corrected chi connectivity index (χ3v) is 4.57. The largest absolute Gasteiger partial charge is 0.336 e. The standard InChI is InChI=1S/C20H21F2N9O/c1-5-12-6-17(28-19(27-12)20(3,21)22)31-15-7-16(25-11(2)32)23-9-14(15)18(29-31)26-13-8-24-30(4)10-13/h6-10H,5H2,1-4H3,(H,26,29)(H,23,25,32). The Bertz CT molecular complexity index is 1310. The smallest absolute Gasteiger partial charge is 0.303 e. The number of carbonyl (C=O) groups excluding carboxylic acids is 1. The van der Waals surface area contributed by atoms with Crippen molar-refractivity contribution in [2.75, 3.05) is 10.6 Å². The van der Waals surface area contributed by atoms with Crippen LogP contribution in [0, 0.1) is 0 Å². The number of hydrogen-bond acceptors (Lipinski definition) is 7. The molecule has 0 spiro atoms. The number of nitrogens with one attached hydrogen (secondary N) is 2. The molecule has 1 amide bonds. The van der Waals surface area contributed by atoms with Gasteiger partial charge in [0.2, 0.25) is 11.7 Å². The van der Waals surface area contributed by atoms with Crippen LogP contribution >= 0.6 is 0 Å². The van der Waals surface area contributed by atoms with Crippen LogP contribution in [0.5, 0.6) is 0 Å². The van der Waals surface area contributed by atoms with Crippen LogP contribution in [0.25, 0.3) is 16.7 Å². The highest BCUT2D eigenvalue weighted by molar-refractivity contribution is 5.95. The van der Waals surface area contributed by atoms with Gasteiger partial charge in [0.1, 0.15) is 5.82 Å². The van der Waals surface area contributed by atoms with Gasteiger partial charge in [-0.1, -0.05) is 6.92 Å². The molecule has 2 N–H and O–H groups in total. The molecule has 0 aromatic carbocycles. The molecule has 0 saturated heterocycles. The van der Waals surface area contributed by atoms with E-state index < -0.39 is 11.7 Å². The van der Waals surface area contributed by atoms with Crippen LogP contribution in [-0.4, -0.2) is 40.4 Å². The maximum absolute atomic E-state index is 14.0. The molecule has 0 fully saturated rings. The minimum Gasteiger partial charge on any atom is -0.336 e. The Morgan fingerprint density at radius 1 is 1.22 bits per heavy atom. The zero-order chi connectivity index (χ0) is 23.0. The molecule has 0 radical (unpaired) electrons. The Hall–Kier alpha value is -3.96. The van der Waals surface area contributed by atoms with Gasteiger partial charge in [-0.3, -0.25) is 9.48 Å². The Kier molecular flexibility index (Phi) is 5.28. The van der Waals surface area contributed by atoms with Gasteiger partial charge in [-0.2, -0.15) is 13.9 Å². The van der Waals surface area contributed by atoms with Gasteiger partial charge in [-0.25, -0.2) is 19.6 Å². The fourth-order valence-electron chi connectivity index (χ4n) is 3.12. The van der Waals surface area contributed by atoms with Gasteiger partial charge < -0.3 is 10.6 Å². The fraction of sp³-hybridized carbons (Fsp3) is 0.300. The topological polar surface area (TPSA) is 115 Å². The maximum Gasteiger partial charge on any atom is 0.303 e. The van der Waals surface area contributed by atoms with Crippen molar-refractivity contribution < 1.29 is 13.6 Å². The van der Waals surface area contributed by atoms with Crippen molar-refractivity contribution >= 4 is 34.1 Å². The molecule has 0 atom stereocenters. The number of amides is 1. The van der Waals surface area contributed by atoms with E-state index in [1.807, 2.05) is 6.92 Å². The lowest BCUT2D eigenvalue weighted by Crippen LogP contribution is -2.16. The van der Waals surface area contributed by atoms with E-state index in [0.717, 1.165) is 6.92 Å². The molecule has 166 valence electrons. The second-order valence-corrected chi connectivity index (χ2v) is 7.34. The summed E-state index contributed by atoms with van der Waals surface area (Å²) in [7, 11) is 1.78. The first-order valence-electron chi connectivity index (χ1n) is 9.82. The lowest BCUT2D eigenvalue weighted by atomic mass is 10.2. The van der Waals surface area contributed by atoms with Crippen molar-refractivity contribution in [1.29, 1.82) is 0 Å². The summed E-state index contributed by atoms with van der Waals surface area (Å²) in [6, 6.07) is 3.21. The molecule has 0 aliphatic rings. The molecule has 0 saturated carbocycles. The van der Waals surface area contributed by atoms with Crippen LogP contribution in [-0.2, 0) is 24.2 Å².